The van der Waals surface area contributed by atoms with Gasteiger partial charge in [0.2, 0.25) is 5.91 Å². The lowest BCUT2D eigenvalue weighted by molar-refractivity contribution is -0.122. The molecule has 3 rings (SSSR count). The highest BCUT2D eigenvalue weighted by Gasteiger charge is 2.31. The van der Waals surface area contributed by atoms with Crippen LogP contribution < -0.4 is 5.32 Å². The Bertz CT molecular complexity index is 939. The van der Waals surface area contributed by atoms with Gasteiger partial charge in [-0.1, -0.05) is 53.8 Å². The smallest absolute Gasteiger partial charge is 0.266 e. The van der Waals surface area contributed by atoms with Gasteiger partial charge >= 0.3 is 0 Å². The van der Waals surface area contributed by atoms with E-state index in [9.17, 15) is 14.7 Å². The maximum Gasteiger partial charge on any atom is 0.266 e. The molecule has 1 heterocycles. The number of phenolic OH excluding ortho intramolecular Hbond substituents is 1. The number of carbonyl (C=O) groups is 2. The molecule has 5 nitrogen and oxygen atoms in total. The van der Waals surface area contributed by atoms with Gasteiger partial charge in [-0.2, -0.15) is 0 Å². The van der Waals surface area contributed by atoms with E-state index >= 15 is 0 Å². The van der Waals surface area contributed by atoms with Crippen molar-refractivity contribution >= 4 is 51.9 Å². The number of aromatic hydroxyl groups is 1. The van der Waals surface area contributed by atoms with E-state index in [1.807, 2.05) is 37.3 Å². The van der Waals surface area contributed by atoms with Crippen molar-refractivity contribution in [2.75, 3.05) is 11.9 Å². The summed E-state index contributed by atoms with van der Waals surface area (Å²) in [6, 6.07) is 14.3. The highest BCUT2D eigenvalue weighted by atomic mass is 32.2. The Hall–Kier alpha value is -2.64. The Labute approximate surface area is 173 Å². The molecule has 0 aliphatic carbocycles. The number of nitrogens with zero attached hydrogens (tertiary/aromatic N) is 1. The Morgan fingerprint density at radius 2 is 2.00 bits per heavy atom. The molecule has 144 valence electrons. The molecule has 2 N–H and O–H groups in total. The number of phenols is 1. The fourth-order valence-corrected chi connectivity index (χ4v) is 4.03. The van der Waals surface area contributed by atoms with E-state index in [-0.39, 0.29) is 17.6 Å². The normalized spacial score (nSPS) is 15.3. The molecule has 0 atom stereocenters. The first-order valence-corrected chi connectivity index (χ1v) is 10.1. The number of anilines is 1. The number of amides is 2. The molecule has 2 aromatic carbocycles. The van der Waals surface area contributed by atoms with Gasteiger partial charge in [-0.15, -0.1) is 0 Å². The molecule has 0 radical (unpaired) electrons. The van der Waals surface area contributed by atoms with Crippen LogP contribution in [0.15, 0.2) is 53.4 Å². The van der Waals surface area contributed by atoms with E-state index in [4.69, 9.17) is 12.2 Å². The van der Waals surface area contributed by atoms with Gasteiger partial charge in [0.25, 0.3) is 5.91 Å². The van der Waals surface area contributed by atoms with Gasteiger partial charge in [0.1, 0.15) is 10.1 Å². The van der Waals surface area contributed by atoms with Gasteiger partial charge in [-0.3, -0.25) is 14.5 Å². The van der Waals surface area contributed by atoms with Crippen molar-refractivity contribution in [3.63, 3.8) is 0 Å². The van der Waals surface area contributed by atoms with Crippen molar-refractivity contribution in [2.24, 2.45) is 0 Å². The number of hydrogen-bond acceptors (Lipinski definition) is 5. The number of aryl methyl sites for hydroxylation is 1. The lowest BCUT2D eigenvalue weighted by Crippen LogP contribution is -2.29. The van der Waals surface area contributed by atoms with E-state index < -0.39 is 0 Å². The molecule has 0 spiro atoms. The van der Waals surface area contributed by atoms with Crippen LogP contribution in [0, 0.1) is 6.92 Å². The maximum absolute atomic E-state index is 12.6. The second-order valence-electron chi connectivity index (χ2n) is 6.45. The van der Waals surface area contributed by atoms with Crippen LogP contribution in [0.3, 0.4) is 0 Å². The number of hydrogen-bond donors (Lipinski definition) is 2. The van der Waals surface area contributed by atoms with Crippen LogP contribution in [0.1, 0.15) is 24.0 Å². The molecule has 1 saturated heterocycles. The predicted molar refractivity (Wildman–Crippen MR) is 117 cm³/mol. The highest BCUT2D eigenvalue weighted by Crippen LogP contribution is 2.33. The summed E-state index contributed by atoms with van der Waals surface area (Å²) in [6.07, 6.45) is 2.53. The minimum absolute atomic E-state index is 0.0930. The standard InChI is InChI=1S/C21H20N2O3S2/c1-14-7-9-16(10-8-14)22-19(25)6-3-11-23-20(26)18(28-21(23)27)13-15-4-2-5-17(24)12-15/h2,4-5,7-10,12-13,24H,3,6,11H2,1H3,(H,22,25)/b18-13-. The van der Waals surface area contributed by atoms with E-state index in [2.05, 4.69) is 5.32 Å². The highest BCUT2D eigenvalue weighted by molar-refractivity contribution is 8.26. The lowest BCUT2D eigenvalue weighted by atomic mass is 10.2. The topological polar surface area (TPSA) is 69.6 Å². The van der Waals surface area contributed by atoms with Gasteiger partial charge in [-0.05, 0) is 49.2 Å². The third-order valence-corrected chi connectivity index (χ3v) is 5.54. The number of benzene rings is 2. The summed E-state index contributed by atoms with van der Waals surface area (Å²) in [7, 11) is 0. The summed E-state index contributed by atoms with van der Waals surface area (Å²) in [6.45, 7) is 2.38. The second kappa shape index (κ2) is 9.03. The molecule has 2 aromatic rings. The zero-order chi connectivity index (χ0) is 20.1. The number of thioether (sulfide) groups is 1. The van der Waals surface area contributed by atoms with Crippen molar-refractivity contribution < 1.29 is 14.7 Å². The molecule has 0 aromatic heterocycles. The number of rotatable bonds is 6. The monoisotopic (exact) mass is 412 g/mol. The van der Waals surface area contributed by atoms with Crippen LogP contribution in [-0.2, 0) is 9.59 Å². The molecule has 1 fully saturated rings. The maximum atomic E-state index is 12.6. The summed E-state index contributed by atoms with van der Waals surface area (Å²) >= 11 is 6.54. The zero-order valence-electron chi connectivity index (χ0n) is 15.3. The van der Waals surface area contributed by atoms with E-state index in [0.717, 1.165) is 16.8 Å². The summed E-state index contributed by atoms with van der Waals surface area (Å²) in [5.41, 5.74) is 2.62. The third-order valence-electron chi connectivity index (χ3n) is 4.16. The average Bonchev–Trinajstić information content (AvgIpc) is 2.91. The molecular formula is C21H20N2O3S2. The van der Waals surface area contributed by atoms with Crippen LogP contribution in [0.5, 0.6) is 5.75 Å². The Kier molecular flexibility index (Phi) is 6.49. The summed E-state index contributed by atoms with van der Waals surface area (Å²) in [5, 5.41) is 12.4. The van der Waals surface area contributed by atoms with Gasteiger partial charge in [0, 0.05) is 18.7 Å². The van der Waals surface area contributed by atoms with Crippen molar-refractivity contribution in [3.8, 4) is 5.75 Å². The van der Waals surface area contributed by atoms with Gasteiger partial charge in [-0.25, -0.2) is 0 Å². The van der Waals surface area contributed by atoms with Crippen LogP contribution in [-0.4, -0.2) is 32.7 Å². The molecule has 0 saturated carbocycles. The summed E-state index contributed by atoms with van der Waals surface area (Å²) in [4.78, 5) is 26.7. The van der Waals surface area contributed by atoms with E-state index in [1.54, 1.807) is 24.3 Å². The minimum Gasteiger partial charge on any atom is -0.508 e. The predicted octanol–water partition coefficient (Wildman–Crippen LogP) is 4.32. The molecule has 1 aliphatic heterocycles. The summed E-state index contributed by atoms with van der Waals surface area (Å²) < 4.78 is 0.482. The third kappa shape index (κ3) is 5.21. The quantitative estimate of drug-likeness (QED) is 0.546. The molecule has 1 aliphatic rings. The number of thiocarbonyl (C=S) groups is 1. The summed E-state index contributed by atoms with van der Waals surface area (Å²) in [5.74, 6) is -0.120. The second-order valence-corrected chi connectivity index (χ2v) is 8.12. The molecule has 0 bridgehead atoms. The molecule has 0 unspecified atom stereocenters. The van der Waals surface area contributed by atoms with Crippen molar-refractivity contribution in [1.82, 2.24) is 4.90 Å². The Morgan fingerprint density at radius 3 is 2.71 bits per heavy atom. The fraction of sp³-hybridized carbons (Fsp3) is 0.190. The lowest BCUT2D eigenvalue weighted by Gasteiger charge is -2.14. The van der Waals surface area contributed by atoms with Gasteiger partial charge in [0.05, 0.1) is 4.91 Å². The Balaban J connectivity index is 1.53. The van der Waals surface area contributed by atoms with Gasteiger partial charge in [0.15, 0.2) is 0 Å². The first-order chi connectivity index (χ1) is 13.4. The average molecular weight is 413 g/mol. The van der Waals surface area contributed by atoms with Crippen LogP contribution in [0.4, 0.5) is 5.69 Å². The van der Waals surface area contributed by atoms with E-state index in [1.165, 1.54) is 16.7 Å². The van der Waals surface area contributed by atoms with Crippen LogP contribution in [0.2, 0.25) is 0 Å². The van der Waals surface area contributed by atoms with Gasteiger partial charge < -0.3 is 10.4 Å². The minimum atomic E-state index is -0.169. The molecular weight excluding hydrogens is 392 g/mol. The van der Waals surface area contributed by atoms with Crippen LogP contribution >= 0.6 is 24.0 Å². The van der Waals surface area contributed by atoms with E-state index in [0.29, 0.717) is 28.6 Å². The molecule has 2 amide bonds. The van der Waals surface area contributed by atoms with Crippen molar-refractivity contribution in [3.05, 3.63) is 64.6 Å². The first kappa shape index (κ1) is 20.1. The fourth-order valence-electron chi connectivity index (χ4n) is 2.72. The van der Waals surface area contributed by atoms with Crippen molar-refractivity contribution in [2.45, 2.75) is 19.8 Å². The van der Waals surface area contributed by atoms with Crippen LogP contribution in [0.25, 0.3) is 6.08 Å². The first-order valence-electron chi connectivity index (χ1n) is 8.83. The molecule has 28 heavy (non-hydrogen) atoms. The number of nitrogens with one attached hydrogen (secondary N) is 1. The molecule has 7 heteroatoms. The number of carbonyl (C=O) groups excluding carboxylic acids is 2. The largest absolute Gasteiger partial charge is 0.508 e. The SMILES string of the molecule is Cc1ccc(NC(=O)CCCN2C(=O)/C(=C/c3cccc(O)c3)SC2=S)cc1. The van der Waals surface area contributed by atoms with Crippen molar-refractivity contribution in [1.29, 1.82) is 0 Å². The Morgan fingerprint density at radius 1 is 1.25 bits per heavy atom. The zero-order valence-corrected chi connectivity index (χ0v) is 17.0.